The molecule has 2 aliphatic rings. The zero-order valence-electron chi connectivity index (χ0n) is 18.4. The fourth-order valence-corrected chi connectivity index (χ4v) is 4.91. The number of pyridine rings is 1. The average molecular weight is 467 g/mol. The van der Waals surface area contributed by atoms with Crippen LogP contribution < -0.4 is 4.74 Å². The summed E-state index contributed by atoms with van der Waals surface area (Å²) in [6.07, 6.45) is 3.95. The number of rotatable bonds is 4. The van der Waals surface area contributed by atoms with Crippen LogP contribution in [-0.2, 0) is 14.2 Å². The molecule has 2 fully saturated rings. The molecule has 4 atom stereocenters. The number of nitrogens with zero attached hydrogens (tertiary/aromatic N) is 4. The van der Waals surface area contributed by atoms with Crippen LogP contribution in [0.3, 0.4) is 0 Å². The highest BCUT2D eigenvalue weighted by atomic mass is 35.5. The van der Waals surface area contributed by atoms with Crippen LogP contribution in [0, 0.1) is 0 Å². The van der Waals surface area contributed by atoms with Crippen molar-refractivity contribution in [3.8, 4) is 5.75 Å². The number of halogens is 1. The molecule has 170 valence electrons. The summed E-state index contributed by atoms with van der Waals surface area (Å²) >= 11 is 6.26. The molecule has 0 saturated carbocycles. The van der Waals surface area contributed by atoms with Gasteiger partial charge in [0, 0.05) is 23.8 Å². The van der Waals surface area contributed by atoms with Gasteiger partial charge in [-0.25, -0.2) is 9.97 Å². The Labute approximate surface area is 195 Å². The Kier molecular flexibility index (Phi) is 4.64. The Morgan fingerprint density at radius 1 is 1.06 bits per heavy atom. The van der Waals surface area contributed by atoms with Gasteiger partial charge in [-0.05, 0) is 45.0 Å². The first-order valence-electron chi connectivity index (χ1n) is 10.8. The maximum atomic E-state index is 6.58. The summed E-state index contributed by atoms with van der Waals surface area (Å²) in [5.41, 5.74) is 0.785. The van der Waals surface area contributed by atoms with Crippen molar-refractivity contribution < 1.29 is 18.9 Å². The van der Waals surface area contributed by atoms with Gasteiger partial charge in [0.2, 0.25) is 0 Å². The van der Waals surface area contributed by atoms with E-state index >= 15 is 0 Å². The summed E-state index contributed by atoms with van der Waals surface area (Å²) in [7, 11) is 0. The molecule has 1 aromatic carbocycles. The minimum Gasteiger partial charge on any atom is -0.490 e. The van der Waals surface area contributed by atoms with Gasteiger partial charge in [-0.15, -0.1) is 0 Å². The maximum Gasteiger partial charge on any atom is 0.165 e. The number of hydrogen-bond acceptors (Lipinski definition) is 7. The molecule has 0 amide bonds. The lowest BCUT2D eigenvalue weighted by Crippen LogP contribution is -2.45. The summed E-state index contributed by atoms with van der Waals surface area (Å²) in [6.45, 7) is 6.08. The first kappa shape index (κ1) is 20.8. The molecule has 6 rings (SSSR count). The molecular weight excluding hydrogens is 444 g/mol. The van der Waals surface area contributed by atoms with Gasteiger partial charge >= 0.3 is 0 Å². The predicted molar refractivity (Wildman–Crippen MR) is 122 cm³/mol. The molecule has 9 heteroatoms. The van der Waals surface area contributed by atoms with E-state index in [-0.39, 0.29) is 18.8 Å². The fraction of sp³-hybridized carbons (Fsp3) is 0.375. The quantitative estimate of drug-likeness (QED) is 0.409. The zero-order valence-corrected chi connectivity index (χ0v) is 19.2. The third-order valence-corrected chi connectivity index (χ3v) is 6.54. The van der Waals surface area contributed by atoms with Crippen LogP contribution in [0.1, 0.15) is 27.0 Å². The largest absolute Gasteiger partial charge is 0.490 e. The second-order valence-corrected chi connectivity index (χ2v) is 9.47. The van der Waals surface area contributed by atoms with Crippen molar-refractivity contribution in [3.63, 3.8) is 0 Å². The summed E-state index contributed by atoms with van der Waals surface area (Å²) in [6, 6.07) is 11.7. The molecule has 0 radical (unpaired) electrons. The Morgan fingerprint density at radius 3 is 2.82 bits per heavy atom. The molecule has 0 N–H and O–H groups in total. The van der Waals surface area contributed by atoms with Crippen LogP contribution >= 0.6 is 11.6 Å². The standard InChI is InChI=1S/C24H23ClN4O4/c1-23(2)31-18-19(32-23)24(3,12-30-15-7-6-14-5-4-9-26-17(14)11-15)33-22(18)29-10-8-16-20(25)27-13-28-21(16)29/h4-11,13,18-19,22H,12H2,1-3H3/t18-,19+,22-,24-/m1/s1. The number of ether oxygens (including phenoxy) is 4. The van der Waals surface area contributed by atoms with E-state index in [0.717, 1.165) is 22.0 Å². The lowest BCUT2D eigenvalue weighted by molar-refractivity contribution is -0.220. The lowest BCUT2D eigenvalue weighted by Gasteiger charge is -2.31. The summed E-state index contributed by atoms with van der Waals surface area (Å²) in [5, 5.41) is 2.21. The van der Waals surface area contributed by atoms with Crippen LogP contribution in [0.15, 0.2) is 55.1 Å². The summed E-state index contributed by atoms with van der Waals surface area (Å²) in [5.74, 6) is -0.0312. The number of aromatic nitrogens is 4. The van der Waals surface area contributed by atoms with E-state index in [1.807, 2.05) is 67.9 Å². The first-order chi connectivity index (χ1) is 15.8. The Bertz CT molecular complexity index is 1360. The van der Waals surface area contributed by atoms with Crippen molar-refractivity contribution in [2.75, 3.05) is 6.61 Å². The Balaban J connectivity index is 1.32. The molecule has 5 heterocycles. The van der Waals surface area contributed by atoms with E-state index in [2.05, 4.69) is 15.0 Å². The van der Waals surface area contributed by atoms with E-state index in [4.69, 9.17) is 30.5 Å². The molecule has 2 aliphatic heterocycles. The zero-order chi connectivity index (χ0) is 22.8. The highest BCUT2D eigenvalue weighted by molar-refractivity contribution is 6.33. The average Bonchev–Trinajstić information content (AvgIpc) is 3.44. The first-order valence-corrected chi connectivity index (χ1v) is 11.2. The highest BCUT2D eigenvalue weighted by Gasteiger charge is 2.62. The molecule has 0 aliphatic carbocycles. The topological polar surface area (TPSA) is 80.5 Å². The molecule has 4 aromatic rings. The van der Waals surface area contributed by atoms with Gasteiger partial charge in [0.1, 0.15) is 47.3 Å². The van der Waals surface area contributed by atoms with Gasteiger partial charge in [-0.2, -0.15) is 0 Å². The molecule has 33 heavy (non-hydrogen) atoms. The van der Waals surface area contributed by atoms with Gasteiger partial charge in [-0.3, -0.25) is 4.98 Å². The minimum absolute atomic E-state index is 0.275. The van der Waals surface area contributed by atoms with E-state index in [1.165, 1.54) is 6.33 Å². The Hall–Kier alpha value is -2.78. The molecule has 2 saturated heterocycles. The van der Waals surface area contributed by atoms with E-state index in [1.54, 1.807) is 6.20 Å². The van der Waals surface area contributed by atoms with E-state index in [9.17, 15) is 0 Å². The maximum absolute atomic E-state index is 6.58. The minimum atomic E-state index is -0.768. The van der Waals surface area contributed by atoms with Crippen molar-refractivity contribution in [2.45, 2.75) is 50.6 Å². The van der Waals surface area contributed by atoms with E-state index in [0.29, 0.717) is 10.8 Å². The molecule has 8 nitrogen and oxygen atoms in total. The van der Waals surface area contributed by atoms with Crippen LogP contribution in [-0.4, -0.2) is 49.7 Å². The van der Waals surface area contributed by atoms with Gasteiger partial charge in [0.15, 0.2) is 12.0 Å². The van der Waals surface area contributed by atoms with Gasteiger partial charge in [0.05, 0.1) is 10.9 Å². The lowest BCUT2D eigenvalue weighted by atomic mass is 9.98. The van der Waals surface area contributed by atoms with Gasteiger partial charge in [-0.1, -0.05) is 17.7 Å². The number of hydrogen-bond donors (Lipinski definition) is 0. The monoisotopic (exact) mass is 466 g/mol. The fourth-order valence-electron chi connectivity index (χ4n) is 4.72. The molecule has 3 aromatic heterocycles. The van der Waals surface area contributed by atoms with Crippen molar-refractivity contribution in [1.82, 2.24) is 19.5 Å². The summed E-state index contributed by atoms with van der Waals surface area (Å²) < 4.78 is 27.3. The van der Waals surface area contributed by atoms with Crippen molar-refractivity contribution in [2.24, 2.45) is 0 Å². The van der Waals surface area contributed by atoms with Crippen molar-refractivity contribution in [3.05, 3.63) is 60.3 Å². The van der Waals surface area contributed by atoms with Gasteiger partial charge < -0.3 is 23.5 Å². The van der Waals surface area contributed by atoms with Crippen LogP contribution in [0.5, 0.6) is 5.75 Å². The molecule has 0 bridgehead atoms. The number of benzene rings is 1. The second-order valence-electron chi connectivity index (χ2n) is 9.11. The highest BCUT2D eigenvalue weighted by Crippen LogP contribution is 2.49. The third-order valence-electron chi connectivity index (χ3n) is 6.24. The smallest absolute Gasteiger partial charge is 0.165 e. The predicted octanol–water partition coefficient (Wildman–Crippen LogP) is 4.52. The molecule has 0 unspecified atom stereocenters. The van der Waals surface area contributed by atoms with Crippen molar-refractivity contribution >= 4 is 33.5 Å². The second kappa shape index (κ2) is 7.36. The van der Waals surface area contributed by atoms with Gasteiger partial charge in [0.25, 0.3) is 0 Å². The normalized spacial score (nSPS) is 28.4. The van der Waals surface area contributed by atoms with Crippen LogP contribution in [0.25, 0.3) is 21.9 Å². The number of fused-ring (bicyclic) bond motifs is 3. The molecular formula is C24H23ClN4O4. The SMILES string of the molecule is CC1(C)O[C@H]2[C@H](n3ccc4c(Cl)ncnc43)O[C@](C)(COc3ccc4cccnc4c3)[C@H]2O1. The van der Waals surface area contributed by atoms with Crippen LogP contribution in [0.2, 0.25) is 5.15 Å². The van der Waals surface area contributed by atoms with E-state index < -0.39 is 17.6 Å². The Morgan fingerprint density at radius 2 is 1.94 bits per heavy atom. The molecule has 0 spiro atoms. The summed E-state index contributed by atoms with van der Waals surface area (Å²) in [4.78, 5) is 12.9. The van der Waals surface area contributed by atoms with Crippen molar-refractivity contribution in [1.29, 1.82) is 0 Å². The van der Waals surface area contributed by atoms with Crippen LogP contribution in [0.4, 0.5) is 0 Å². The third kappa shape index (κ3) is 3.45.